The van der Waals surface area contributed by atoms with Gasteiger partial charge in [-0.1, -0.05) is 23.7 Å². The van der Waals surface area contributed by atoms with Gasteiger partial charge in [-0.3, -0.25) is 0 Å². The quantitative estimate of drug-likeness (QED) is 0.732. The van der Waals surface area contributed by atoms with Crippen molar-refractivity contribution in [1.29, 1.82) is 0 Å². The highest BCUT2D eigenvalue weighted by Gasteiger charge is 2.04. The molecule has 0 bridgehead atoms. The predicted octanol–water partition coefficient (Wildman–Crippen LogP) is 4.21. The molecule has 0 saturated heterocycles. The van der Waals surface area contributed by atoms with E-state index in [2.05, 4.69) is 18.2 Å². The minimum absolute atomic E-state index is 0.780. The monoisotopic (exact) mass is 231 g/mol. The number of hydrogen-bond acceptors (Lipinski definition) is 1. The maximum atomic E-state index is 6.14. The Bertz CT molecular complexity index is 509. The minimum atomic E-state index is 0.780. The molecule has 0 aliphatic carbocycles. The van der Waals surface area contributed by atoms with Crippen molar-refractivity contribution >= 4 is 17.3 Å². The summed E-state index contributed by atoms with van der Waals surface area (Å²) in [6, 6.07) is 12.1. The van der Waals surface area contributed by atoms with Crippen LogP contribution in [0.1, 0.15) is 11.1 Å². The molecule has 0 spiro atoms. The second kappa shape index (κ2) is 4.18. The average Bonchev–Trinajstić information content (AvgIpc) is 2.25. The molecule has 0 aliphatic rings. The van der Waals surface area contributed by atoms with Gasteiger partial charge in [0.25, 0.3) is 0 Å². The Morgan fingerprint density at radius 3 is 2.12 bits per heavy atom. The molecule has 0 fully saturated rings. The van der Waals surface area contributed by atoms with Gasteiger partial charge in [0.15, 0.2) is 0 Å². The van der Waals surface area contributed by atoms with E-state index in [1.165, 1.54) is 0 Å². The highest BCUT2D eigenvalue weighted by atomic mass is 35.5. The molecule has 16 heavy (non-hydrogen) atoms. The first kappa shape index (κ1) is 11.0. The summed E-state index contributed by atoms with van der Waals surface area (Å²) in [4.78, 5) is 0. The van der Waals surface area contributed by atoms with Crippen LogP contribution in [0.4, 0.5) is 5.69 Å². The fourth-order valence-electron chi connectivity index (χ4n) is 1.83. The standard InChI is InChI=1S/C14H14ClN/c1-9-6-12(7-10(2)14(9)15)11-4-3-5-13(16)8-11/h3-8H,16H2,1-2H3. The lowest BCUT2D eigenvalue weighted by Gasteiger charge is -2.08. The second-order valence-electron chi connectivity index (χ2n) is 4.05. The van der Waals surface area contributed by atoms with Crippen LogP contribution in [0.3, 0.4) is 0 Å². The molecular formula is C14H14ClN. The Morgan fingerprint density at radius 1 is 0.938 bits per heavy atom. The smallest absolute Gasteiger partial charge is 0.0464 e. The molecule has 0 unspecified atom stereocenters. The van der Waals surface area contributed by atoms with Crippen molar-refractivity contribution in [3.05, 3.63) is 52.5 Å². The predicted molar refractivity (Wildman–Crippen MR) is 70.8 cm³/mol. The minimum Gasteiger partial charge on any atom is -0.399 e. The molecule has 2 aromatic rings. The summed E-state index contributed by atoms with van der Waals surface area (Å²) in [5.74, 6) is 0. The number of aryl methyl sites for hydroxylation is 2. The first-order valence-corrected chi connectivity index (χ1v) is 5.58. The van der Waals surface area contributed by atoms with E-state index in [9.17, 15) is 0 Å². The fraction of sp³-hybridized carbons (Fsp3) is 0.143. The highest BCUT2D eigenvalue weighted by molar-refractivity contribution is 6.32. The highest BCUT2D eigenvalue weighted by Crippen LogP contribution is 2.28. The maximum Gasteiger partial charge on any atom is 0.0464 e. The van der Waals surface area contributed by atoms with Crippen LogP contribution < -0.4 is 5.73 Å². The zero-order valence-corrected chi connectivity index (χ0v) is 10.2. The molecule has 2 N–H and O–H groups in total. The summed E-state index contributed by atoms with van der Waals surface area (Å²) in [7, 11) is 0. The third kappa shape index (κ3) is 2.05. The topological polar surface area (TPSA) is 26.0 Å². The number of nitrogen functional groups attached to an aromatic ring is 1. The van der Waals surface area contributed by atoms with E-state index in [4.69, 9.17) is 17.3 Å². The van der Waals surface area contributed by atoms with E-state index < -0.39 is 0 Å². The first-order valence-electron chi connectivity index (χ1n) is 5.20. The second-order valence-corrected chi connectivity index (χ2v) is 4.43. The number of rotatable bonds is 1. The largest absolute Gasteiger partial charge is 0.399 e. The van der Waals surface area contributed by atoms with E-state index in [1.807, 2.05) is 32.0 Å². The van der Waals surface area contributed by atoms with Crippen LogP contribution >= 0.6 is 11.6 Å². The van der Waals surface area contributed by atoms with E-state index in [1.54, 1.807) is 0 Å². The van der Waals surface area contributed by atoms with Crippen molar-refractivity contribution in [2.45, 2.75) is 13.8 Å². The van der Waals surface area contributed by atoms with Gasteiger partial charge < -0.3 is 5.73 Å². The van der Waals surface area contributed by atoms with Crippen molar-refractivity contribution in [1.82, 2.24) is 0 Å². The van der Waals surface area contributed by atoms with Gasteiger partial charge in [0.05, 0.1) is 0 Å². The van der Waals surface area contributed by atoms with Crippen LogP contribution in [0.15, 0.2) is 36.4 Å². The summed E-state index contributed by atoms with van der Waals surface area (Å²) >= 11 is 6.14. The van der Waals surface area contributed by atoms with E-state index in [0.29, 0.717) is 0 Å². The number of halogens is 1. The van der Waals surface area contributed by atoms with Gasteiger partial charge in [0.1, 0.15) is 0 Å². The zero-order valence-electron chi connectivity index (χ0n) is 9.42. The summed E-state index contributed by atoms with van der Waals surface area (Å²) in [6.45, 7) is 4.04. The zero-order chi connectivity index (χ0) is 11.7. The molecule has 0 heterocycles. The lowest BCUT2D eigenvalue weighted by atomic mass is 10.0. The summed E-state index contributed by atoms with van der Waals surface area (Å²) < 4.78 is 0. The average molecular weight is 232 g/mol. The van der Waals surface area contributed by atoms with E-state index in [0.717, 1.165) is 33.0 Å². The normalized spacial score (nSPS) is 10.4. The van der Waals surface area contributed by atoms with Gasteiger partial charge in [-0.15, -0.1) is 0 Å². The van der Waals surface area contributed by atoms with Gasteiger partial charge in [-0.25, -0.2) is 0 Å². The lowest BCUT2D eigenvalue weighted by Crippen LogP contribution is -1.88. The molecule has 0 aliphatic heterocycles. The molecule has 0 radical (unpaired) electrons. The number of benzene rings is 2. The SMILES string of the molecule is Cc1cc(-c2cccc(N)c2)cc(C)c1Cl. The summed E-state index contributed by atoms with van der Waals surface area (Å²) in [5.41, 5.74) is 11.0. The Morgan fingerprint density at radius 2 is 1.56 bits per heavy atom. The summed E-state index contributed by atoms with van der Waals surface area (Å²) in [6.07, 6.45) is 0. The van der Waals surface area contributed by atoms with Crippen molar-refractivity contribution in [2.75, 3.05) is 5.73 Å². The van der Waals surface area contributed by atoms with Crippen molar-refractivity contribution in [2.24, 2.45) is 0 Å². The van der Waals surface area contributed by atoms with Crippen LogP contribution in [0, 0.1) is 13.8 Å². The Balaban J connectivity index is 2.57. The van der Waals surface area contributed by atoms with Gasteiger partial charge in [0, 0.05) is 10.7 Å². The molecule has 0 atom stereocenters. The lowest BCUT2D eigenvalue weighted by molar-refractivity contribution is 1.38. The maximum absolute atomic E-state index is 6.14. The fourth-order valence-corrected chi connectivity index (χ4v) is 1.94. The van der Waals surface area contributed by atoms with Gasteiger partial charge >= 0.3 is 0 Å². The van der Waals surface area contributed by atoms with Crippen LogP contribution in [0.5, 0.6) is 0 Å². The number of hydrogen-bond donors (Lipinski definition) is 1. The Labute approximate surface area is 101 Å². The van der Waals surface area contributed by atoms with E-state index in [-0.39, 0.29) is 0 Å². The van der Waals surface area contributed by atoms with Gasteiger partial charge in [0.2, 0.25) is 0 Å². The molecule has 0 saturated carbocycles. The molecule has 0 amide bonds. The number of anilines is 1. The Kier molecular flexibility index (Phi) is 2.88. The van der Waals surface area contributed by atoms with Crippen molar-refractivity contribution in [3.8, 4) is 11.1 Å². The third-order valence-corrected chi connectivity index (χ3v) is 3.25. The molecule has 2 heteroatoms. The number of nitrogens with two attached hydrogens (primary N) is 1. The summed E-state index contributed by atoms with van der Waals surface area (Å²) in [5, 5.41) is 0.840. The van der Waals surface area contributed by atoms with Gasteiger partial charge in [-0.05, 0) is 60.4 Å². The van der Waals surface area contributed by atoms with Crippen molar-refractivity contribution < 1.29 is 0 Å². The van der Waals surface area contributed by atoms with Crippen LogP contribution in [-0.4, -0.2) is 0 Å². The third-order valence-electron chi connectivity index (χ3n) is 2.66. The van der Waals surface area contributed by atoms with E-state index >= 15 is 0 Å². The Hall–Kier alpha value is -1.47. The molecule has 2 rings (SSSR count). The van der Waals surface area contributed by atoms with Gasteiger partial charge in [-0.2, -0.15) is 0 Å². The molecule has 0 aromatic heterocycles. The van der Waals surface area contributed by atoms with Crippen LogP contribution in [-0.2, 0) is 0 Å². The van der Waals surface area contributed by atoms with Crippen molar-refractivity contribution in [3.63, 3.8) is 0 Å². The van der Waals surface area contributed by atoms with Crippen LogP contribution in [0.2, 0.25) is 5.02 Å². The molecule has 2 aromatic carbocycles. The first-order chi connectivity index (χ1) is 7.58. The molecule has 1 nitrogen and oxygen atoms in total. The molecular weight excluding hydrogens is 218 g/mol. The van der Waals surface area contributed by atoms with Crippen LogP contribution in [0.25, 0.3) is 11.1 Å². The molecule has 82 valence electrons.